The second-order valence-electron chi connectivity index (χ2n) is 4.38. The minimum absolute atomic E-state index is 0.467. The van der Waals surface area contributed by atoms with Crippen LogP contribution in [-0.4, -0.2) is 37.6 Å². The van der Waals surface area contributed by atoms with Crippen LogP contribution < -0.4 is 4.90 Å². The maximum absolute atomic E-state index is 6.24. The van der Waals surface area contributed by atoms with Gasteiger partial charge in [-0.3, -0.25) is 0 Å². The van der Waals surface area contributed by atoms with Crippen molar-refractivity contribution in [2.45, 2.75) is 13.0 Å². The number of hydrogen-bond donors (Lipinski definition) is 0. The summed E-state index contributed by atoms with van der Waals surface area (Å²) in [7, 11) is 2.15. The molecule has 0 aromatic heterocycles. The number of hydrogen-bond acceptors (Lipinski definition) is 2. The maximum atomic E-state index is 6.24. The number of nitrogens with zero attached hydrogens (tertiary/aromatic N) is 2. The van der Waals surface area contributed by atoms with Crippen LogP contribution in [0.15, 0.2) is 18.2 Å². The molecule has 1 aromatic rings. The first-order valence-corrected chi connectivity index (χ1v) is 6.24. The molecule has 1 aromatic carbocycles. The average molecular weight is 259 g/mol. The van der Waals surface area contributed by atoms with E-state index in [9.17, 15) is 0 Å². The lowest BCUT2D eigenvalue weighted by atomic mass is 10.1. The van der Waals surface area contributed by atoms with Crippen LogP contribution in [0.2, 0.25) is 10.0 Å². The molecule has 0 spiro atoms. The van der Waals surface area contributed by atoms with E-state index >= 15 is 0 Å². The van der Waals surface area contributed by atoms with Gasteiger partial charge in [-0.2, -0.15) is 0 Å². The van der Waals surface area contributed by atoms with Gasteiger partial charge in [0.05, 0.1) is 15.7 Å². The fraction of sp³-hybridized carbons (Fsp3) is 0.500. The Balaban J connectivity index is 2.27. The maximum Gasteiger partial charge on any atom is 0.0825 e. The molecule has 1 fully saturated rings. The van der Waals surface area contributed by atoms with Crippen molar-refractivity contribution < 1.29 is 0 Å². The lowest BCUT2D eigenvalue weighted by Crippen LogP contribution is -2.50. The predicted octanol–water partition coefficient (Wildman–Crippen LogP) is 3.13. The van der Waals surface area contributed by atoms with Crippen LogP contribution in [0.1, 0.15) is 6.92 Å². The summed E-state index contributed by atoms with van der Waals surface area (Å²) in [4.78, 5) is 4.66. The Labute approximate surface area is 107 Å². The summed E-state index contributed by atoms with van der Waals surface area (Å²) < 4.78 is 0. The van der Waals surface area contributed by atoms with Gasteiger partial charge in [0.2, 0.25) is 0 Å². The normalized spacial score (nSPS) is 22.5. The molecule has 2 rings (SSSR count). The molecule has 0 saturated carbocycles. The molecular formula is C12H16Cl2N2. The van der Waals surface area contributed by atoms with Crippen LogP contribution in [0.3, 0.4) is 0 Å². The van der Waals surface area contributed by atoms with Crippen molar-refractivity contribution in [2.75, 3.05) is 31.6 Å². The first kappa shape index (κ1) is 12.0. The first-order chi connectivity index (χ1) is 7.59. The van der Waals surface area contributed by atoms with Crippen molar-refractivity contribution in [1.29, 1.82) is 0 Å². The summed E-state index contributed by atoms with van der Waals surface area (Å²) in [6.45, 7) is 5.33. The largest absolute Gasteiger partial charge is 0.365 e. The van der Waals surface area contributed by atoms with E-state index in [1.807, 2.05) is 18.2 Å². The lowest BCUT2D eigenvalue weighted by molar-refractivity contribution is 0.275. The highest BCUT2D eigenvalue weighted by Crippen LogP contribution is 2.34. The van der Waals surface area contributed by atoms with Crippen LogP contribution in [0.5, 0.6) is 0 Å². The third kappa shape index (κ3) is 2.29. The van der Waals surface area contributed by atoms with E-state index in [4.69, 9.17) is 23.2 Å². The summed E-state index contributed by atoms with van der Waals surface area (Å²) in [6.07, 6.45) is 0. The second kappa shape index (κ2) is 4.82. The molecular weight excluding hydrogens is 243 g/mol. The molecule has 0 N–H and O–H groups in total. The van der Waals surface area contributed by atoms with Gasteiger partial charge in [0.15, 0.2) is 0 Å². The number of anilines is 1. The minimum atomic E-state index is 0.467. The van der Waals surface area contributed by atoms with Gasteiger partial charge < -0.3 is 9.80 Å². The highest BCUT2D eigenvalue weighted by atomic mass is 35.5. The Morgan fingerprint density at radius 2 is 2.00 bits per heavy atom. The molecule has 88 valence electrons. The summed E-state index contributed by atoms with van der Waals surface area (Å²) >= 11 is 12.3. The van der Waals surface area contributed by atoms with E-state index in [-0.39, 0.29) is 0 Å². The van der Waals surface area contributed by atoms with Crippen molar-refractivity contribution in [1.82, 2.24) is 4.90 Å². The van der Waals surface area contributed by atoms with E-state index < -0.39 is 0 Å². The second-order valence-corrected chi connectivity index (χ2v) is 5.16. The Morgan fingerprint density at radius 1 is 1.25 bits per heavy atom. The van der Waals surface area contributed by atoms with Crippen molar-refractivity contribution in [3.8, 4) is 0 Å². The van der Waals surface area contributed by atoms with Crippen molar-refractivity contribution >= 4 is 28.9 Å². The van der Waals surface area contributed by atoms with Crippen LogP contribution in [0, 0.1) is 0 Å². The monoisotopic (exact) mass is 258 g/mol. The van der Waals surface area contributed by atoms with Crippen molar-refractivity contribution in [2.24, 2.45) is 0 Å². The third-order valence-corrected chi connectivity index (χ3v) is 3.88. The molecule has 1 saturated heterocycles. The zero-order chi connectivity index (χ0) is 11.7. The Hall–Kier alpha value is -0.440. The summed E-state index contributed by atoms with van der Waals surface area (Å²) in [5.41, 5.74) is 1.05. The molecule has 1 aliphatic heterocycles. The fourth-order valence-electron chi connectivity index (χ4n) is 2.21. The predicted molar refractivity (Wildman–Crippen MR) is 70.8 cm³/mol. The van der Waals surface area contributed by atoms with Crippen LogP contribution in [0.25, 0.3) is 0 Å². The molecule has 1 heterocycles. The van der Waals surface area contributed by atoms with E-state index in [1.165, 1.54) is 0 Å². The number of benzene rings is 1. The molecule has 1 aliphatic rings. The van der Waals surface area contributed by atoms with Gasteiger partial charge in [-0.1, -0.05) is 29.3 Å². The van der Waals surface area contributed by atoms with Crippen molar-refractivity contribution in [3.63, 3.8) is 0 Å². The smallest absolute Gasteiger partial charge is 0.0825 e. The first-order valence-electron chi connectivity index (χ1n) is 5.49. The molecule has 0 amide bonds. The van der Waals surface area contributed by atoms with Gasteiger partial charge >= 0.3 is 0 Å². The fourth-order valence-corrected chi connectivity index (χ4v) is 2.62. The highest BCUT2D eigenvalue weighted by molar-refractivity contribution is 6.43. The molecule has 2 nitrogen and oxygen atoms in total. The highest BCUT2D eigenvalue weighted by Gasteiger charge is 2.23. The number of piperazine rings is 1. The number of likely N-dealkylation sites (N-methyl/N-ethyl adjacent to an activating group) is 1. The van der Waals surface area contributed by atoms with Crippen LogP contribution in [-0.2, 0) is 0 Å². The van der Waals surface area contributed by atoms with E-state index in [0.29, 0.717) is 16.1 Å². The van der Waals surface area contributed by atoms with Gasteiger partial charge in [-0.25, -0.2) is 0 Å². The van der Waals surface area contributed by atoms with Gasteiger partial charge in [-0.05, 0) is 26.1 Å². The standard InChI is InChI=1S/C12H16Cl2N2/c1-9-8-15(2)6-7-16(9)11-5-3-4-10(13)12(11)14/h3-5,9H,6-8H2,1-2H3/t9-/m0/s1. The topological polar surface area (TPSA) is 6.48 Å². The number of rotatable bonds is 1. The number of halogens is 2. The third-order valence-electron chi connectivity index (χ3n) is 3.07. The van der Waals surface area contributed by atoms with Crippen LogP contribution >= 0.6 is 23.2 Å². The molecule has 1 atom stereocenters. The molecule has 0 bridgehead atoms. The Kier molecular flexibility index (Phi) is 3.63. The summed E-state index contributed by atoms with van der Waals surface area (Å²) in [5.74, 6) is 0. The van der Waals surface area contributed by atoms with E-state index in [0.717, 1.165) is 25.3 Å². The van der Waals surface area contributed by atoms with E-state index in [1.54, 1.807) is 0 Å². The molecule has 0 unspecified atom stereocenters. The quantitative estimate of drug-likeness (QED) is 0.764. The molecule has 0 aliphatic carbocycles. The minimum Gasteiger partial charge on any atom is -0.365 e. The van der Waals surface area contributed by atoms with Gasteiger partial charge in [-0.15, -0.1) is 0 Å². The average Bonchev–Trinajstić information content (AvgIpc) is 2.23. The van der Waals surface area contributed by atoms with Crippen LogP contribution in [0.4, 0.5) is 5.69 Å². The SMILES string of the molecule is C[C@H]1CN(C)CCN1c1cccc(Cl)c1Cl. The summed E-state index contributed by atoms with van der Waals surface area (Å²) in [5, 5.41) is 1.30. The molecule has 16 heavy (non-hydrogen) atoms. The molecule has 0 radical (unpaired) electrons. The summed E-state index contributed by atoms with van der Waals surface area (Å²) in [6, 6.07) is 6.29. The lowest BCUT2D eigenvalue weighted by Gasteiger charge is -2.40. The van der Waals surface area contributed by atoms with Gasteiger partial charge in [0, 0.05) is 25.7 Å². The van der Waals surface area contributed by atoms with Gasteiger partial charge in [0.1, 0.15) is 0 Å². The Bertz CT molecular complexity index is 381. The molecule has 4 heteroatoms. The van der Waals surface area contributed by atoms with Crippen molar-refractivity contribution in [3.05, 3.63) is 28.2 Å². The van der Waals surface area contributed by atoms with E-state index in [2.05, 4.69) is 23.8 Å². The zero-order valence-electron chi connectivity index (χ0n) is 9.58. The zero-order valence-corrected chi connectivity index (χ0v) is 11.1. The van der Waals surface area contributed by atoms with Gasteiger partial charge in [0.25, 0.3) is 0 Å². The Morgan fingerprint density at radius 3 is 2.69 bits per heavy atom.